The lowest BCUT2D eigenvalue weighted by Gasteiger charge is -2.18. The second-order valence-corrected chi connectivity index (χ2v) is 4.64. The van der Waals surface area contributed by atoms with E-state index >= 15 is 0 Å². The van der Waals surface area contributed by atoms with Crippen LogP contribution in [0.25, 0.3) is 0 Å². The van der Waals surface area contributed by atoms with Gasteiger partial charge in [-0.15, -0.1) is 0 Å². The largest absolute Gasteiger partial charge is 0.383 e. The quantitative estimate of drug-likeness (QED) is 0.586. The van der Waals surface area contributed by atoms with Crippen molar-refractivity contribution in [2.24, 2.45) is 5.92 Å². The lowest BCUT2D eigenvalue weighted by Crippen LogP contribution is -2.34. The third-order valence-electron chi connectivity index (χ3n) is 3.45. The van der Waals surface area contributed by atoms with E-state index in [0.717, 1.165) is 0 Å². The van der Waals surface area contributed by atoms with Crippen LogP contribution in [0.3, 0.4) is 0 Å². The monoisotopic (exact) mass is 270 g/mol. The predicted octanol–water partition coefficient (Wildman–Crippen LogP) is 1.40. The van der Waals surface area contributed by atoms with E-state index in [9.17, 15) is 9.59 Å². The third-order valence-corrected chi connectivity index (χ3v) is 3.45. The van der Waals surface area contributed by atoms with Gasteiger partial charge in [-0.1, -0.05) is 43.0 Å². The number of amides is 1. The molecule has 4 heteroatoms. The standard InChI is InChI=1S/C16H18N2O2/c1-3-11(4-2)15(19)10-18-16(20)13-9-17-14-8-6-5-7-12(13)14/h3-9,12,14,17H,1,10H2,2H3,(H,18,20)/b11-4+. The first kappa shape index (κ1) is 14.1. The Hall–Kier alpha value is -2.36. The number of fused-ring (bicyclic) bond motifs is 1. The molecule has 1 amide bonds. The summed E-state index contributed by atoms with van der Waals surface area (Å²) >= 11 is 0. The number of rotatable bonds is 5. The number of carbonyl (C=O) groups is 2. The van der Waals surface area contributed by atoms with E-state index in [1.165, 1.54) is 6.08 Å². The van der Waals surface area contributed by atoms with Crippen LogP contribution in [0.4, 0.5) is 0 Å². The molecule has 4 nitrogen and oxygen atoms in total. The zero-order chi connectivity index (χ0) is 14.5. The highest BCUT2D eigenvalue weighted by molar-refractivity contribution is 6.03. The molecule has 0 saturated heterocycles. The van der Waals surface area contributed by atoms with Crippen molar-refractivity contribution in [1.29, 1.82) is 0 Å². The minimum Gasteiger partial charge on any atom is -0.383 e. The van der Waals surface area contributed by atoms with Crippen molar-refractivity contribution in [3.63, 3.8) is 0 Å². The van der Waals surface area contributed by atoms with Gasteiger partial charge in [-0.2, -0.15) is 0 Å². The number of nitrogens with one attached hydrogen (secondary N) is 2. The van der Waals surface area contributed by atoms with Crippen LogP contribution < -0.4 is 10.6 Å². The molecular weight excluding hydrogens is 252 g/mol. The summed E-state index contributed by atoms with van der Waals surface area (Å²) in [6.07, 6.45) is 12.8. The van der Waals surface area contributed by atoms with Crippen LogP contribution in [-0.4, -0.2) is 24.3 Å². The molecule has 0 radical (unpaired) electrons. The molecule has 0 aromatic rings. The van der Waals surface area contributed by atoms with E-state index in [2.05, 4.69) is 17.2 Å². The smallest absolute Gasteiger partial charge is 0.249 e. The summed E-state index contributed by atoms with van der Waals surface area (Å²) in [5, 5.41) is 5.81. The van der Waals surface area contributed by atoms with Crippen molar-refractivity contribution in [1.82, 2.24) is 10.6 Å². The molecule has 2 rings (SSSR count). The Morgan fingerprint density at radius 2 is 2.15 bits per heavy atom. The van der Waals surface area contributed by atoms with Crippen molar-refractivity contribution < 1.29 is 9.59 Å². The van der Waals surface area contributed by atoms with E-state index in [1.54, 1.807) is 19.2 Å². The maximum atomic E-state index is 12.1. The number of ketones is 1. The average Bonchev–Trinajstić information content (AvgIpc) is 2.90. The molecule has 2 atom stereocenters. The predicted molar refractivity (Wildman–Crippen MR) is 78.7 cm³/mol. The molecule has 0 bridgehead atoms. The summed E-state index contributed by atoms with van der Waals surface area (Å²) < 4.78 is 0. The first-order valence-corrected chi connectivity index (χ1v) is 6.58. The number of allylic oxidation sites excluding steroid dienone is 4. The number of hydrogen-bond acceptors (Lipinski definition) is 3. The van der Waals surface area contributed by atoms with Crippen LogP contribution in [0.1, 0.15) is 6.92 Å². The third kappa shape index (κ3) is 2.79. The zero-order valence-electron chi connectivity index (χ0n) is 11.4. The van der Waals surface area contributed by atoms with Gasteiger partial charge in [0.2, 0.25) is 5.91 Å². The van der Waals surface area contributed by atoms with Gasteiger partial charge in [-0.05, 0) is 6.92 Å². The van der Waals surface area contributed by atoms with Gasteiger partial charge in [0.25, 0.3) is 0 Å². The van der Waals surface area contributed by atoms with Crippen LogP contribution in [0, 0.1) is 5.92 Å². The van der Waals surface area contributed by atoms with Crippen molar-refractivity contribution in [2.75, 3.05) is 6.54 Å². The zero-order valence-corrected chi connectivity index (χ0v) is 11.4. The molecule has 1 aliphatic heterocycles. The molecule has 104 valence electrons. The summed E-state index contributed by atoms with van der Waals surface area (Å²) in [6.45, 7) is 5.32. The molecule has 0 aromatic carbocycles. The first-order chi connectivity index (χ1) is 9.67. The Labute approximate surface area is 118 Å². The molecular formula is C16H18N2O2. The van der Waals surface area contributed by atoms with Crippen LogP contribution in [0.2, 0.25) is 0 Å². The number of hydrogen-bond donors (Lipinski definition) is 2. The van der Waals surface area contributed by atoms with Crippen molar-refractivity contribution in [2.45, 2.75) is 13.0 Å². The molecule has 2 N–H and O–H groups in total. The lowest BCUT2D eigenvalue weighted by atomic mass is 9.91. The van der Waals surface area contributed by atoms with Crippen molar-refractivity contribution in [3.05, 3.63) is 60.4 Å². The minimum atomic E-state index is -0.210. The van der Waals surface area contributed by atoms with Crippen molar-refractivity contribution >= 4 is 11.7 Å². The van der Waals surface area contributed by atoms with Crippen LogP contribution in [0.15, 0.2) is 60.4 Å². The Balaban J connectivity index is 1.93. The van der Waals surface area contributed by atoms with E-state index < -0.39 is 0 Å². The number of Topliss-reactive ketones (excluding diaryl/α,β-unsaturated/α-hetero) is 1. The fraction of sp³-hybridized carbons (Fsp3) is 0.250. The second kappa shape index (κ2) is 6.19. The molecule has 2 unspecified atom stereocenters. The van der Waals surface area contributed by atoms with Gasteiger partial charge in [0.1, 0.15) is 0 Å². The maximum Gasteiger partial charge on any atom is 0.249 e. The summed E-state index contributed by atoms with van der Waals surface area (Å²) in [5.41, 5.74) is 1.17. The molecule has 20 heavy (non-hydrogen) atoms. The molecule has 0 fully saturated rings. The van der Waals surface area contributed by atoms with E-state index in [0.29, 0.717) is 11.1 Å². The second-order valence-electron chi connectivity index (χ2n) is 4.64. The van der Waals surface area contributed by atoms with E-state index in [-0.39, 0.29) is 30.2 Å². The summed E-state index contributed by atoms with van der Waals surface area (Å²) in [4.78, 5) is 23.9. The molecule has 1 heterocycles. The lowest BCUT2D eigenvalue weighted by molar-refractivity contribution is -0.121. The topological polar surface area (TPSA) is 58.2 Å². The minimum absolute atomic E-state index is 0.0151. The van der Waals surface area contributed by atoms with Crippen molar-refractivity contribution in [3.8, 4) is 0 Å². The highest BCUT2D eigenvalue weighted by atomic mass is 16.2. The fourth-order valence-corrected chi connectivity index (χ4v) is 2.32. The highest BCUT2D eigenvalue weighted by Crippen LogP contribution is 2.26. The fourth-order valence-electron chi connectivity index (χ4n) is 2.32. The summed E-state index contributed by atoms with van der Waals surface area (Å²) in [5.74, 6) is -0.313. The first-order valence-electron chi connectivity index (χ1n) is 6.58. The molecule has 1 aliphatic carbocycles. The van der Waals surface area contributed by atoms with Gasteiger partial charge in [-0.25, -0.2) is 0 Å². The Morgan fingerprint density at radius 1 is 1.40 bits per heavy atom. The summed E-state index contributed by atoms with van der Waals surface area (Å²) in [7, 11) is 0. The molecule has 2 aliphatic rings. The van der Waals surface area contributed by atoms with E-state index in [1.807, 2.05) is 24.3 Å². The Bertz CT molecular complexity index is 553. The van der Waals surface area contributed by atoms with E-state index in [4.69, 9.17) is 0 Å². The van der Waals surface area contributed by atoms with Gasteiger partial charge >= 0.3 is 0 Å². The van der Waals surface area contributed by atoms with Gasteiger partial charge in [0, 0.05) is 23.3 Å². The van der Waals surface area contributed by atoms with Crippen LogP contribution in [0.5, 0.6) is 0 Å². The maximum absolute atomic E-state index is 12.1. The van der Waals surface area contributed by atoms with Crippen LogP contribution >= 0.6 is 0 Å². The summed E-state index contributed by atoms with van der Waals surface area (Å²) in [6, 6.07) is 0.135. The Kier molecular flexibility index (Phi) is 4.35. The Morgan fingerprint density at radius 3 is 2.85 bits per heavy atom. The van der Waals surface area contributed by atoms with Gasteiger partial charge in [0.15, 0.2) is 5.78 Å². The molecule has 0 aromatic heterocycles. The normalized spacial score (nSPS) is 23.6. The van der Waals surface area contributed by atoms with Gasteiger partial charge in [-0.3, -0.25) is 9.59 Å². The number of carbonyl (C=O) groups excluding carboxylic acids is 2. The highest BCUT2D eigenvalue weighted by Gasteiger charge is 2.31. The SMILES string of the molecule is C=C/C(=C\C)C(=O)CNC(=O)C1=CNC2C=CC=CC12. The molecule has 0 saturated carbocycles. The van der Waals surface area contributed by atoms with Gasteiger partial charge < -0.3 is 10.6 Å². The van der Waals surface area contributed by atoms with Crippen LogP contribution in [-0.2, 0) is 9.59 Å². The molecule has 0 spiro atoms. The average molecular weight is 270 g/mol. The van der Waals surface area contributed by atoms with Gasteiger partial charge in [0.05, 0.1) is 12.6 Å².